The standard InChI is InChI=1S/C23H16BrN3O6/c24-19-7-2-1-6-18(19)21(28)26-20(12-14-8-10-17(11-9-14)27(32)33)22(29)25-16-5-3-4-15(13-16)23(30)31/h1-13H,(H,25,29)(H,26,28)(H,30,31). The normalized spacial score (nSPS) is 10.9. The second kappa shape index (κ2) is 10.3. The average Bonchev–Trinajstić information content (AvgIpc) is 2.79. The number of benzene rings is 3. The monoisotopic (exact) mass is 509 g/mol. The third-order valence-corrected chi connectivity index (χ3v) is 5.09. The van der Waals surface area contributed by atoms with Gasteiger partial charge in [0.25, 0.3) is 17.5 Å². The van der Waals surface area contributed by atoms with Gasteiger partial charge in [0.05, 0.1) is 16.1 Å². The van der Waals surface area contributed by atoms with E-state index in [0.717, 1.165) is 0 Å². The number of rotatable bonds is 7. The van der Waals surface area contributed by atoms with Crippen LogP contribution in [0.3, 0.4) is 0 Å². The van der Waals surface area contributed by atoms with E-state index in [4.69, 9.17) is 5.11 Å². The van der Waals surface area contributed by atoms with Crippen molar-refractivity contribution < 1.29 is 24.4 Å². The predicted octanol–water partition coefficient (Wildman–Crippen LogP) is 4.47. The Kier molecular flexibility index (Phi) is 7.31. The molecule has 0 aromatic heterocycles. The fraction of sp³-hybridized carbons (Fsp3) is 0. The number of carboxylic acids is 1. The van der Waals surface area contributed by atoms with Crippen LogP contribution in [0.5, 0.6) is 0 Å². The molecule has 3 aromatic carbocycles. The summed E-state index contributed by atoms with van der Waals surface area (Å²) >= 11 is 3.29. The summed E-state index contributed by atoms with van der Waals surface area (Å²) in [5, 5.41) is 25.1. The quantitative estimate of drug-likeness (QED) is 0.244. The number of amides is 2. The zero-order chi connectivity index (χ0) is 24.0. The molecule has 0 aliphatic carbocycles. The number of carbonyl (C=O) groups is 3. The number of halogens is 1. The van der Waals surface area contributed by atoms with Gasteiger partial charge in [-0.25, -0.2) is 4.79 Å². The first-order valence-corrected chi connectivity index (χ1v) is 10.2. The molecule has 10 heteroatoms. The number of anilines is 1. The van der Waals surface area contributed by atoms with Crippen molar-refractivity contribution in [3.05, 3.63) is 110 Å². The third-order valence-electron chi connectivity index (χ3n) is 4.39. The molecule has 166 valence electrons. The largest absolute Gasteiger partial charge is 0.478 e. The molecule has 0 saturated heterocycles. The number of nitro groups is 1. The first kappa shape index (κ1) is 23.4. The molecule has 3 aromatic rings. The molecule has 0 aliphatic rings. The highest BCUT2D eigenvalue weighted by molar-refractivity contribution is 9.10. The number of hydrogen-bond acceptors (Lipinski definition) is 5. The fourth-order valence-electron chi connectivity index (χ4n) is 2.78. The van der Waals surface area contributed by atoms with E-state index in [1.165, 1.54) is 54.6 Å². The van der Waals surface area contributed by atoms with Crippen LogP contribution in [0, 0.1) is 10.1 Å². The van der Waals surface area contributed by atoms with E-state index in [2.05, 4.69) is 26.6 Å². The van der Waals surface area contributed by atoms with Gasteiger partial charge in [0, 0.05) is 22.3 Å². The van der Waals surface area contributed by atoms with E-state index in [9.17, 15) is 24.5 Å². The van der Waals surface area contributed by atoms with Gasteiger partial charge >= 0.3 is 5.97 Å². The lowest BCUT2D eigenvalue weighted by molar-refractivity contribution is -0.384. The Morgan fingerprint density at radius 1 is 0.970 bits per heavy atom. The van der Waals surface area contributed by atoms with Crippen LogP contribution in [-0.4, -0.2) is 27.8 Å². The second-order valence-electron chi connectivity index (χ2n) is 6.68. The molecule has 0 fully saturated rings. The lowest BCUT2D eigenvalue weighted by atomic mass is 10.1. The minimum absolute atomic E-state index is 0.0223. The number of nitrogens with one attached hydrogen (secondary N) is 2. The summed E-state index contributed by atoms with van der Waals surface area (Å²) in [7, 11) is 0. The van der Waals surface area contributed by atoms with Crippen LogP contribution in [0.25, 0.3) is 6.08 Å². The Morgan fingerprint density at radius 2 is 1.67 bits per heavy atom. The van der Waals surface area contributed by atoms with Gasteiger partial charge in [-0.15, -0.1) is 0 Å². The summed E-state index contributed by atoms with van der Waals surface area (Å²) in [5.74, 6) is -2.43. The summed E-state index contributed by atoms with van der Waals surface area (Å²) < 4.78 is 0.520. The second-order valence-corrected chi connectivity index (χ2v) is 7.54. The van der Waals surface area contributed by atoms with Crippen molar-refractivity contribution in [1.29, 1.82) is 0 Å². The van der Waals surface area contributed by atoms with Crippen LogP contribution in [0.1, 0.15) is 26.3 Å². The SMILES string of the molecule is O=C(Nc1cccc(C(=O)O)c1)C(=Cc1ccc([N+](=O)[O-])cc1)NC(=O)c1ccccc1Br. The minimum Gasteiger partial charge on any atom is -0.478 e. The van der Waals surface area contributed by atoms with Crippen LogP contribution in [0.15, 0.2) is 83.0 Å². The van der Waals surface area contributed by atoms with Crippen molar-refractivity contribution in [3.63, 3.8) is 0 Å². The number of hydrogen-bond donors (Lipinski definition) is 3. The van der Waals surface area contributed by atoms with Crippen molar-refractivity contribution in [3.8, 4) is 0 Å². The first-order chi connectivity index (χ1) is 15.7. The van der Waals surface area contributed by atoms with Gasteiger partial charge in [-0.05, 0) is 70.0 Å². The highest BCUT2D eigenvalue weighted by Crippen LogP contribution is 2.18. The predicted molar refractivity (Wildman–Crippen MR) is 125 cm³/mol. The number of aromatic carboxylic acids is 1. The number of carbonyl (C=O) groups excluding carboxylic acids is 2. The summed E-state index contributed by atoms with van der Waals surface area (Å²) in [5.41, 5.74) is 0.632. The molecule has 0 unspecified atom stereocenters. The van der Waals surface area contributed by atoms with Crippen molar-refractivity contribution in [1.82, 2.24) is 5.32 Å². The molecule has 0 heterocycles. The van der Waals surface area contributed by atoms with E-state index >= 15 is 0 Å². The van der Waals surface area contributed by atoms with Crippen LogP contribution in [-0.2, 0) is 4.79 Å². The summed E-state index contributed by atoms with van der Waals surface area (Å²) in [4.78, 5) is 47.3. The molecule has 3 rings (SSSR count). The molecule has 0 bridgehead atoms. The van der Waals surface area contributed by atoms with E-state index in [0.29, 0.717) is 10.0 Å². The molecule has 2 amide bonds. The van der Waals surface area contributed by atoms with Gasteiger partial charge in [-0.2, -0.15) is 0 Å². The van der Waals surface area contributed by atoms with Gasteiger partial charge in [-0.3, -0.25) is 19.7 Å². The number of non-ortho nitro benzene ring substituents is 1. The smallest absolute Gasteiger partial charge is 0.335 e. The van der Waals surface area contributed by atoms with Crippen LogP contribution >= 0.6 is 15.9 Å². The van der Waals surface area contributed by atoms with E-state index in [1.807, 2.05) is 0 Å². The number of nitrogens with zero attached hydrogens (tertiary/aromatic N) is 1. The molecule has 0 spiro atoms. The molecule has 9 nitrogen and oxygen atoms in total. The Labute approximate surface area is 196 Å². The van der Waals surface area contributed by atoms with E-state index < -0.39 is 22.7 Å². The van der Waals surface area contributed by atoms with E-state index in [-0.39, 0.29) is 28.2 Å². The summed E-state index contributed by atoms with van der Waals surface area (Å²) in [6, 6.07) is 17.7. The third kappa shape index (κ3) is 6.11. The molecule has 3 N–H and O–H groups in total. The van der Waals surface area contributed by atoms with Crippen molar-refractivity contribution >= 4 is 51.2 Å². The Balaban J connectivity index is 1.93. The number of nitro benzene ring substituents is 1. The van der Waals surface area contributed by atoms with Gasteiger partial charge in [0.1, 0.15) is 5.70 Å². The lowest BCUT2D eigenvalue weighted by Gasteiger charge is -2.12. The Hall–Kier alpha value is -4.31. The van der Waals surface area contributed by atoms with Crippen molar-refractivity contribution in [2.45, 2.75) is 0 Å². The molecular weight excluding hydrogens is 494 g/mol. The van der Waals surface area contributed by atoms with Crippen molar-refractivity contribution in [2.24, 2.45) is 0 Å². The summed E-state index contributed by atoms with van der Waals surface area (Å²) in [6.07, 6.45) is 1.36. The lowest BCUT2D eigenvalue weighted by Crippen LogP contribution is -2.31. The maximum atomic E-state index is 13.0. The number of carboxylic acid groups (broad SMARTS) is 1. The van der Waals surface area contributed by atoms with Gasteiger partial charge in [0.2, 0.25) is 0 Å². The molecule has 33 heavy (non-hydrogen) atoms. The average molecular weight is 510 g/mol. The zero-order valence-corrected chi connectivity index (χ0v) is 18.4. The fourth-order valence-corrected chi connectivity index (χ4v) is 3.25. The van der Waals surface area contributed by atoms with Gasteiger partial charge < -0.3 is 15.7 Å². The first-order valence-electron chi connectivity index (χ1n) is 9.41. The molecule has 0 radical (unpaired) electrons. The highest BCUT2D eigenvalue weighted by atomic mass is 79.9. The van der Waals surface area contributed by atoms with Crippen LogP contribution in [0.4, 0.5) is 11.4 Å². The van der Waals surface area contributed by atoms with Gasteiger partial charge in [0.15, 0.2) is 0 Å². The molecule has 0 aliphatic heterocycles. The summed E-state index contributed by atoms with van der Waals surface area (Å²) in [6.45, 7) is 0. The molecule has 0 saturated carbocycles. The van der Waals surface area contributed by atoms with Gasteiger partial charge in [-0.1, -0.05) is 18.2 Å². The maximum Gasteiger partial charge on any atom is 0.335 e. The highest BCUT2D eigenvalue weighted by Gasteiger charge is 2.17. The van der Waals surface area contributed by atoms with E-state index in [1.54, 1.807) is 24.3 Å². The Morgan fingerprint density at radius 3 is 2.30 bits per heavy atom. The topological polar surface area (TPSA) is 139 Å². The Bertz CT molecular complexity index is 1270. The van der Waals surface area contributed by atoms with Crippen LogP contribution < -0.4 is 10.6 Å². The van der Waals surface area contributed by atoms with Crippen LogP contribution in [0.2, 0.25) is 0 Å². The minimum atomic E-state index is -1.16. The molecular formula is C23H16BrN3O6. The zero-order valence-electron chi connectivity index (χ0n) is 16.8. The molecule has 0 atom stereocenters. The maximum absolute atomic E-state index is 13.0. The van der Waals surface area contributed by atoms with Crippen molar-refractivity contribution in [2.75, 3.05) is 5.32 Å².